The molecule has 0 saturated carbocycles. The van der Waals surface area contributed by atoms with Crippen LogP contribution in [0.15, 0.2) is 66.2 Å². The van der Waals surface area contributed by atoms with E-state index in [0.29, 0.717) is 18.4 Å². The number of benzene rings is 2. The first-order chi connectivity index (χ1) is 16.7. The summed E-state index contributed by atoms with van der Waals surface area (Å²) >= 11 is 0. The van der Waals surface area contributed by atoms with Gasteiger partial charge in [0.15, 0.2) is 5.78 Å². The number of nitrogens with zero attached hydrogens (tertiary/aromatic N) is 3. The zero-order valence-corrected chi connectivity index (χ0v) is 19.4. The minimum absolute atomic E-state index is 0.0275. The maximum atomic E-state index is 13.8. The van der Waals surface area contributed by atoms with Crippen LogP contribution in [-0.4, -0.2) is 44.5 Å². The Hall–Kier alpha value is -4.14. The molecule has 2 aliphatic rings. The molecule has 4 rings (SSSR count). The summed E-state index contributed by atoms with van der Waals surface area (Å²) in [4.78, 5) is 64.6. The number of fused-ring (bicyclic) bond motifs is 1. The number of hydrazine groups is 1. The zero-order chi connectivity index (χ0) is 25.3. The lowest BCUT2D eigenvalue weighted by molar-refractivity contribution is -0.384. The lowest BCUT2D eigenvalue weighted by atomic mass is 9.82. The van der Waals surface area contributed by atoms with E-state index in [0.717, 1.165) is 15.6 Å². The highest BCUT2D eigenvalue weighted by atomic mass is 16.6. The van der Waals surface area contributed by atoms with Crippen LogP contribution in [0.5, 0.6) is 0 Å². The summed E-state index contributed by atoms with van der Waals surface area (Å²) in [5, 5.41) is 12.9. The molecule has 1 aliphatic heterocycles. The summed E-state index contributed by atoms with van der Waals surface area (Å²) in [6.45, 7) is 3.59. The number of nitro groups is 1. The second-order valence-corrected chi connectivity index (χ2v) is 8.80. The number of Topliss-reactive ketones (excluding diaryl/α,β-unsaturated/α-hetero) is 1. The number of hydrogen-bond donors (Lipinski definition) is 0. The Morgan fingerprint density at radius 3 is 2.26 bits per heavy atom. The first kappa shape index (κ1) is 24.0. The van der Waals surface area contributed by atoms with Crippen molar-refractivity contribution in [1.82, 2.24) is 10.0 Å². The Morgan fingerprint density at radius 2 is 1.66 bits per heavy atom. The van der Waals surface area contributed by atoms with Crippen LogP contribution in [-0.2, 0) is 9.59 Å². The van der Waals surface area contributed by atoms with Crippen molar-refractivity contribution in [3.8, 4) is 0 Å². The molecule has 1 saturated heterocycles. The van der Waals surface area contributed by atoms with Crippen molar-refractivity contribution in [2.45, 2.75) is 39.2 Å². The van der Waals surface area contributed by atoms with Crippen molar-refractivity contribution < 1.29 is 24.1 Å². The Kier molecular flexibility index (Phi) is 6.59. The largest absolute Gasteiger partial charge is 0.292 e. The van der Waals surface area contributed by atoms with Crippen molar-refractivity contribution in [2.75, 3.05) is 0 Å². The van der Waals surface area contributed by atoms with Crippen LogP contribution < -0.4 is 0 Å². The second kappa shape index (κ2) is 9.61. The van der Waals surface area contributed by atoms with Crippen molar-refractivity contribution in [3.63, 3.8) is 0 Å². The second-order valence-electron chi connectivity index (χ2n) is 8.80. The Morgan fingerprint density at radius 1 is 1.03 bits per heavy atom. The lowest BCUT2D eigenvalue weighted by Gasteiger charge is -2.36. The number of carbonyl (C=O) groups excluding carboxylic acids is 4. The summed E-state index contributed by atoms with van der Waals surface area (Å²) in [7, 11) is 0. The third-order valence-electron chi connectivity index (χ3n) is 6.59. The fourth-order valence-corrected chi connectivity index (χ4v) is 4.73. The normalized spacial score (nSPS) is 20.2. The summed E-state index contributed by atoms with van der Waals surface area (Å²) in [6, 6.07) is 12.1. The highest BCUT2D eigenvalue weighted by Gasteiger charge is 2.53. The smallest absolute Gasteiger partial charge is 0.273 e. The molecule has 3 amide bonds. The SMILES string of the molecule is CC[C@H](C(=O)c1ccccc1)N(C(=O)c1ccc([N+](=O)[O-])cc1)N1C(=O)[C@H]2CC(C)=CC[C@H]2C1=O. The number of ketones is 1. The highest BCUT2D eigenvalue weighted by Crippen LogP contribution is 2.39. The molecular formula is C26H25N3O6. The van der Waals surface area contributed by atoms with Crippen molar-refractivity contribution in [2.24, 2.45) is 11.8 Å². The fraction of sp³-hybridized carbons (Fsp3) is 0.308. The monoisotopic (exact) mass is 475 g/mol. The number of amides is 3. The number of rotatable bonds is 7. The van der Waals surface area contributed by atoms with Gasteiger partial charge in [0, 0.05) is 23.3 Å². The van der Waals surface area contributed by atoms with E-state index in [-0.39, 0.29) is 17.7 Å². The van der Waals surface area contributed by atoms with Crippen LogP contribution in [0.3, 0.4) is 0 Å². The maximum absolute atomic E-state index is 13.8. The molecule has 180 valence electrons. The van der Waals surface area contributed by atoms with Gasteiger partial charge >= 0.3 is 0 Å². The summed E-state index contributed by atoms with van der Waals surface area (Å²) < 4.78 is 0. The highest BCUT2D eigenvalue weighted by molar-refractivity contribution is 6.10. The topological polar surface area (TPSA) is 118 Å². The number of hydrogen-bond acceptors (Lipinski definition) is 6. The standard InChI is InChI=1S/C26H25N3O6/c1-3-22(23(30)17-7-5-4-6-8-17)27(24(31)18-10-12-19(13-11-18)29(34)35)28-25(32)20-14-9-16(2)15-21(20)26(28)33/h4-13,20-22H,3,14-15H2,1-2H3/t20-,21+,22-/m1/s1. The van der Waals surface area contributed by atoms with Gasteiger partial charge in [-0.05, 0) is 38.3 Å². The van der Waals surface area contributed by atoms with E-state index in [1.165, 1.54) is 24.3 Å². The van der Waals surface area contributed by atoms with Gasteiger partial charge in [-0.15, -0.1) is 0 Å². The zero-order valence-electron chi connectivity index (χ0n) is 19.4. The number of carbonyl (C=O) groups is 4. The quantitative estimate of drug-likeness (QED) is 0.197. The Balaban J connectivity index is 1.78. The van der Waals surface area contributed by atoms with Crippen LogP contribution in [0, 0.1) is 22.0 Å². The summed E-state index contributed by atoms with van der Waals surface area (Å²) in [5.41, 5.74) is 1.16. The fourth-order valence-electron chi connectivity index (χ4n) is 4.73. The number of non-ortho nitro benzene ring substituents is 1. The average Bonchev–Trinajstić information content (AvgIpc) is 3.11. The van der Waals surface area contributed by atoms with Gasteiger partial charge < -0.3 is 0 Å². The van der Waals surface area contributed by atoms with E-state index in [1.54, 1.807) is 37.3 Å². The number of allylic oxidation sites excluding steroid dienone is 2. The molecule has 0 unspecified atom stereocenters. The molecule has 0 N–H and O–H groups in total. The van der Waals surface area contributed by atoms with E-state index in [4.69, 9.17) is 0 Å². The molecule has 1 aliphatic carbocycles. The molecule has 0 radical (unpaired) electrons. The molecule has 9 heteroatoms. The molecule has 3 atom stereocenters. The Bertz CT molecular complexity index is 1220. The summed E-state index contributed by atoms with van der Waals surface area (Å²) in [5.74, 6) is -3.37. The van der Waals surface area contributed by atoms with Crippen LogP contribution >= 0.6 is 0 Å². The van der Waals surface area contributed by atoms with E-state index < -0.39 is 46.3 Å². The molecule has 35 heavy (non-hydrogen) atoms. The summed E-state index contributed by atoms with van der Waals surface area (Å²) in [6.07, 6.45) is 2.87. The molecule has 2 aromatic carbocycles. The maximum Gasteiger partial charge on any atom is 0.273 e. The first-order valence-corrected chi connectivity index (χ1v) is 11.4. The molecule has 9 nitrogen and oxygen atoms in total. The minimum Gasteiger partial charge on any atom is -0.292 e. The van der Waals surface area contributed by atoms with Gasteiger partial charge in [0.25, 0.3) is 23.4 Å². The van der Waals surface area contributed by atoms with E-state index in [1.807, 2.05) is 13.0 Å². The molecule has 0 spiro atoms. The van der Waals surface area contributed by atoms with Crippen LogP contribution in [0.2, 0.25) is 0 Å². The average molecular weight is 476 g/mol. The van der Waals surface area contributed by atoms with Crippen LogP contribution in [0.25, 0.3) is 0 Å². The third kappa shape index (κ3) is 4.37. The molecule has 0 bridgehead atoms. The van der Waals surface area contributed by atoms with E-state index in [2.05, 4.69) is 0 Å². The van der Waals surface area contributed by atoms with Gasteiger partial charge in [-0.2, -0.15) is 5.01 Å². The van der Waals surface area contributed by atoms with Gasteiger partial charge in [-0.25, -0.2) is 5.01 Å². The molecule has 1 heterocycles. The number of nitro benzene ring substituents is 1. The molecule has 1 fully saturated rings. The van der Waals surface area contributed by atoms with Crippen molar-refractivity contribution >= 4 is 29.2 Å². The molecule has 0 aromatic heterocycles. The molecular weight excluding hydrogens is 450 g/mol. The van der Waals surface area contributed by atoms with Crippen LogP contribution in [0.4, 0.5) is 5.69 Å². The first-order valence-electron chi connectivity index (χ1n) is 11.4. The van der Waals surface area contributed by atoms with Crippen molar-refractivity contribution in [3.05, 3.63) is 87.5 Å². The van der Waals surface area contributed by atoms with Gasteiger partial charge in [0.2, 0.25) is 0 Å². The predicted octanol–water partition coefficient (Wildman–Crippen LogP) is 3.95. The van der Waals surface area contributed by atoms with E-state index in [9.17, 15) is 29.3 Å². The lowest BCUT2D eigenvalue weighted by Crippen LogP contribution is -2.57. The van der Waals surface area contributed by atoms with Crippen LogP contribution in [0.1, 0.15) is 53.8 Å². The number of imide groups is 1. The third-order valence-corrected chi connectivity index (χ3v) is 6.59. The van der Waals surface area contributed by atoms with Crippen molar-refractivity contribution in [1.29, 1.82) is 0 Å². The van der Waals surface area contributed by atoms with Gasteiger partial charge in [0.1, 0.15) is 6.04 Å². The van der Waals surface area contributed by atoms with Gasteiger partial charge in [0.05, 0.1) is 16.8 Å². The predicted molar refractivity (Wildman–Crippen MR) is 126 cm³/mol. The Labute approximate surface area is 202 Å². The van der Waals surface area contributed by atoms with Gasteiger partial charge in [-0.1, -0.05) is 48.9 Å². The van der Waals surface area contributed by atoms with Gasteiger partial charge in [-0.3, -0.25) is 29.3 Å². The minimum atomic E-state index is -1.12. The van der Waals surface area contributed by atoms with E-state index >= 15 is 0 Å². The molecule has 2 aromatic rings.